The Balaban J connectivity index is 1.13. The molecule has 4 amide bonds. The van der Waals surface area contributed by atoms with Gasteiger partial charge in [-0.05, 0) is 76.8 Å². The summed E-state index contributed by atoms with van der Waals surface area (Å²) in [5.41, 5.74) is 0.481. The molecule has 0 radical (unpaired) electrons. The van der Waals surface area contributed by atoms with Crippen molar-refractivity contribution in [3.8, 4) is 11.6 Å². The van der Waals surface area contributed by atoms with Crippen LogP contribution in [0.4, 0.5) is 4.79 Å². The van der Waals surface area contributed by atoms with Crippen LogP contribution in [0.3, 0.4) is 0 Å². The first-order valence-electron chi connectivity index (χ1n) is 19.0. The number of nitrogens with zero attached hydrogens (tertiary/aromatic N) is 5. The van der Waals surface area contributed by atoms with E-state index >= 15 is 0 Å². The van der Waals surface area contributed by atoms with Gasteiger partial charge in [0.2, 0.25) is 17.7 Å². The van der Waals surface area contributed by atoms with Crippen molar-refractivity contribution in [2.24, 2.45) is 0 Å². The summed E-state index contributed by atoms with van der Waals surface area (Å²) >= 11 is 0. The second-order valence-corrected chi connectivity index (χ2v) is 13.9. The highest BCUT2D eigenvalue weighted by molar-refractivity contribution is 5.96. The highest BCUT2D eigenvalue weighted by Gasteiger charge is 2.36. The minimum Gasteiger partial charge on any atom is -0.467 e. The second kappa shape index (κ2) is 18.2. The summed E-state index contributed by atoms with van der Waals surface area (Å²) in [6, 6.07) is 8.80. The first-order chi connectivity index (χ1) is 26.2. The predicted octanol–water partition coefficient (Wildman–Crippen LogP) is 2.12. The molecule has 2 atom stereocenters. The monoisotopic (exact) mass is 751 g/mol. The molecule has 292 valence electrons. The van der Waals surface area contributed by atoms with Gasteiger partial charge in [-0.2, -0.15) is 5.10 Å². The van der Waals surface area contributed by atoms with Gasteiger partial charge in [-0.25, -0.2) is 9.48 Å². The van der Waals surface area contributed by atoms with Gasteiger partial charge >= 0.3 is 12.1 Å². The third kappa shape index (κ3) is 9.86. The van der Waals surface area contributed by atoms with Crippen LogP contribution in [0.5, 0.6) is 5.88 Å². The molecule has 3 heterocycles. The summed E-state index contributed by atoms with van der Waals surface area (Å²) < 4.78 is 17.7. The number of likely N-dealkylation sites (tertiary alicyclic amines) is 1. The zero-order valence-corrected chi connectivity index (χ0v) is 30.6. The molecule has 17 heteroatoms. The summed E-state index contributed by atoms with van der Waals surface area (Å²) in [5.74, 6) is -1.95. The van der Waals surface area contributed by atoms with Gasteiger partial charge in [0.25, 0.3) is 11.8 Å². The fraction of sp³-hybridized carbons (Fsp3) is 0.595. The number of ether oxygens (including phenoxy) is 3. The molecule has 1 aromatic carbocycles. The van der Waals surface area contributed by atoms with Gasteiger partial charge in [0, 0.05) is 38.2 Å². The van der Waals surface area contributed by atoms with Crippen molar-refractivity contribution >= 4 is 35.8 Å². The highest BCUT2D eigenvalue weighted by atomic mass is 16.8. The van der Waals surface area contributed by atoms with E-state index < -0.39 is 36.0 Å². The van der Waals surface area contributed by atoms with Crippen molar-refractivity contribution in [1.29, 1.82) is 0 Å². The number of hydrogen-bond acceptors (Lipinski definition) is 12. The number of hydrogen-bond donors (Lipinski definition) is 2. The van der Waals surface area contributed by atoms with Crippen LogP contribution in [0.1, 0.15) is 81.6 Å². The lowest BCUT2D eigenvalue weighted by Gasteiger charge is -2.35. The third-order valence-electron chi connectivity index (χ3n) is 10.2. The van der Waals surface area contributed by atoms with Crippen LogP contribution in [0.15, 0.2) is 36.4 Å². The maximum Gasteiger partial charge on any atom is 0.527 e. The van der Waals surface area contributed by atoms with E-state index in [4.69, 9.17) is 19.0 Å². The largest absolute Gasteiger partial charge is 0.527 e. The molecule has 0 unspecified atom stereocenters. The van der Waals surface area contributed by atoms with E-state index in [2.05, 4.69) is 15.7 Å². The van der Waals surface area contributed by atoms with Gasteiger partial charge < -0.3 is 39.5 Å². The van der Waals surface area contributed by atoms with Gasteiger partial charge in [0.05, 0.1) is 25.4 Å². The molecule has 0 bridgehead atoms. The van der Waals surface area contributed by atoms with Crippen molar-refractivity contribution in [3.05, 3.63) is 42.1 Å². The molecule has 2 saturated carbocycles. The Bertz CT molecular complexity index is 1650. The number of piperazine rings is 1. The lowest BCUT2D eigenvalue weighted by Crippen LogP contribution is -2.55. The van der Waals surface area contributed by atoms with E-state index in [1.165, 1.54) is 20.7 Å². The number of para-hydroxylation sites is 1. The number of carbonyl (C=O) groups is 6. The molecule has 2 aliphatic heterocycles. The summed E-state index contributed by atoms with van der Waals surface area (Å²) in [7, 11) is 0. The van der Waals surface area contributed by atoms with Crippen molar-refractivity contribution in [2.45, 2.75) is 95.4 Å². The number of aromatic nitrogens is 2. The summed E-state index contributed by atoms with van der Waals surface area (Å²) in [5, 5.41) is 11.7. The van der Waals surface area contributed by atoms with E-state index in [9.17, 15) is 28.8 Å². The third-order valence-corrected chi connectivity index (χ3v) is 10.2. The highest BCUT2D eigenvalue weighted by Crippen LogP contribution is 2.25. The lowest BCUT2D eigenvalue weighted by atomic mass is 9.93. The summed E-state index contributed by atoms with van der Waals surface area (Å²) in [6.07, 6.45) is 5.79. The number of rotatable bonds is 15. The van der Waals surface area contributed by atoms with E-state index in [0.717, 1.165) is 38.5 Å². The Morgan fingerprint density at radius 2 is 1.65 bits per heavy atom. The number of carbonyl (C=O) groups excluding carboxylic acids is 6. The standard InChI is InChI=1S/C37H49N7O10/c1-2-51-37(50)54-42-21-19-41(20-22-42)36(49)28(16-17-33(46)53-27-13-7-14-27)39-34(47)29-23-32(44(40-29)26-11-4-3-5-12-26)52-24-31(45)43-18-8-15-30(43)35(48)38-25-9-6-10-25/h3-5,11-12,23,25,27-28,30H,2,6-10,13-22,24H2,1H3,(H,38,48)(H,39,47)/t28-,30-/m0/s1. The molecule has 17 nitrogen and oxygen atoms in total. The lowest BCUT2D eigenvalue weighted by molar-refractivity contribution is -0.158. The predicted molar refractivity (Wildman–Crippen MR) is 190 cm³/mol. The van der Waals surface area contributed by atoms with Crippen LogP contribution in [0.25, 0.3) is 5.69 Å². The Morgan fingerprint density at radius 3 is 2.31 bits per heavy atom. The molecule has 2 N–H and O–H groups in total. The fourth-order valence-corrected chi connectivity index (χ4v) is 6.69. The van der Waals surface area contributed by atoms with E-state index in [-0.39, 0.29) is 87.8 Å². The number of benzene rings is 1. The molecule has 6 rings (SSSR count). The maximum atomic E-state index is 13.8. The van der Waals surface area contributed by atoms with Gasteiger partial charge in [-0.1, -0.05) is 18.2 Å². The van der Waals surface area contributed by atoms with Crippen molar-refractivity contribution in [1.82, 2.24) is 35.3 Å². The SMILES string of the molecule is CCOC(=O)ON1CCN(C(=O)[C@H](CCC(=O)OC2CCC2)NC(=O)c2cc(OCC(=O)N3CCC[C@H]3C(=O)NC3CCC3)n(-c3ccccc3)n2)CC1. The van der Waals surface area contributed by atoms with E-state index in [1.807, 2.05) is 6.07 Å². The average Bonchev–Trinajstić information content (AvgIpc) is 3.81. The molecule has 54 heavy (non-hydrogen) atoms. The van der Waals surface area contributed by atoms with Gasteiger partial charge in [0.15, 0.2) is 12.3 Å². The number of nitrogens with one attached hydrogen (secondary N) is 2. The first-order valence-corrected chi connectivity index (χ1v) is 19.0. The topological polar surface area (TPSA) is 191 Å². The Labute approximate surface area is 313 Å². The Kier molecular flexibility index (Phi) is 13.0. The first kappa shape index (κ1) is 38.5. The van der Waals surface area contributed by atoms with Gasteiger partial charge in [-0.15, -0.1) is 5.06 Å². The molecule has 2 saturated heterocycles. The van der Waals surface area contributed by atoms with Crippen LogP contribution in [-0.4, -0.2) is 131 Å². The van der Waals surface area contributed by atoms with E-state index in [1.54, 1.807) is 36.1 Å². The molecule has 2 aromatic rings. The summed E-state index contributed by atoms with van der Waals surface area (Å²) in [4.78, 5) is 86.6. The second-order valence-electron chi connectivity index (χ2n) is 13.9. The smallest absolute Gasteiger partial charge is 0.467 e. The summed E-state index contributed by atoms with van der Waals surface area (Å²) in [6.45, 7) is 2.72. The van der Waals surface area contributed by atoms with Crippen LogP contribution in [-0.2, 0) is 33.5 Å². The average molecular weight is 752 g/mol. The minimum atomic E-state index is -1.10. The molecular weight excluding hydrogens is 702 g/mol. The molecule has 4 aliphatic rings. The Hall–Kier alpha value is -5.19. The molecule has 1 aromatic heterocycles. The zero-order chi connectivity index (χ0) is 38.0. The quantitative estimate of drug-likeness (QED) is 0.253. The van der Waals surface area contributed by atoms with Gasteiger partial charge in [-0.3, -0.25) is 24.0 Å². The van der Waals surface area contributed by atoms with Gasteiger partial charge in [0.1, 0.15) is 18.2 Å². The van der Waals surface area contributed by atoms with Crippen LogP contribution in [0.2, 0.25) is 0 Å². The fourth-order valence-electron chi connectivity index (χ4n) is 6.69. The number of esters is 1. The van der Waals surface area contributed by atoms with Crippen LogP contribution >= 0.6 is 0 Å². The zero-order valence-electron chi connectivity index (χ0n) is 30.6. The maximum absolute atomic E-state index is 13.8. The molecular formula is C37H49N7O10. The van der Waals surface area contributed by atoms with Crippen LogP contribution < -0.4 is 15.4 Å². The number of hydroxylamine groups is 2. The minimum absolute atomic E-state index is 0.0156. The Morgan fingerprint density at radius 1 is 0.907 bits per heavy atom. The molecule has 4 fully saturated rings. The number of amides is 4. The molecule has 2 aliphatic carbocycles. The van der Waals surface area contributed by atoms with Crippen LogP contribution in [0, 0.1) is 0 Å². The molecule has 0 spiro atoms. The van der Waals surface area contributed by atoms with Crippen molar-refractivity contribution in [3.63, 3.8) is 0 Å². The normalized spacial score (nSPS) is 19.5. The van der Waals surface area contributed by atoms with E-state index in [0.29, 0.717) is 25.1 Å². The van der Waals surface area contributed by atoms with Crippen molar-refractivity contribution in [2.75, 3.05) is 45.9 Å². The van der Waals surface area contributed by atoms with Crippen molar-refractivity contribution < 1.29 is 47.8 Å².